The number of hydrogen-bond acceptors (Lipinski definition) is 3. The highest BCUT2D eigenvalue weighted by molar-refractivity contribution is 5.79. The monoisotopic (exact) mass is 315 g/mol. The van der Waals surface area contributed by atoms with E-state index in [0.717, 1.165) is 18.2 Å². The molecule has 0 aliphatic heterocycles. The molecule has 1 unspecified atom stereocenters. The number of H-pyrrole nitrogens is 1. The average molecular weight is 315 g/mol. The van der Waals surface area contributed by atoms with Crippen molar-refractivity contribution in [2.24, 2.45) is 10.9 Å². The molecule has 1 heterocycles. The van der Waals surface area contributed by atoms with Crippen LogP contribution in [0, 0.1) is 5.92 Å². The van der Waals surface area contributed by atoms with E-state index in [1.165, 1.54) is 5.56 Å². The Morgan fingerprint density at radius 1 is 1.26 bits per heavy atom. The lowest BCUT2D eigenvalue weighted by molar-refractivity contribution is 0.0931. The number of aromatic nitrogens is 2. The number of hydrogen-bond donors (Lipinski definition) is 3. The van der Waals surface area contributed by atoms with E-state index in [1.807, 2.05) is 24.3 Å². The van der Waals surface area contributed by atoms with Crippen molar-refractivity contribution in [3.8, 4) is 0 Å². The van der Waals surface area contributed by atoms with Crippen molar-refractivity contribution in [2.45, 2.75) is 20.1 Å². The van der Waals surface area contributed by atoms with E-state index in [4.69, 9.17) is 4.74 Å². The molecule has 0 amide bonds. The van der Waals surface area contributed by atoms with Gasteiger partial charge in [-0.15, -0.1) is 0 Å². The van der Waals surface area contributed by atoms with Crippen molar-refractivity contribution in [3.63, 3.8) is 0 Å². The Balaban J connectivity index is 1.61. The third-order valence-corrected chi connectivity index (χ3v) is 3.36. The molecular formula is C17H25N5O. The minimum atomic E-state index is 0.393. The molecule has 0 bridgehead atoms. The molecule has 0 radical (unpaired) electrons. The van der Waals surface area contributed by atoms with E-state index < -0.39 is 0 Å². The second-order valence-electron chi connectivity index (χ2n) is 5.49. The molecular weight excluding hydrogens is 290 g/mol. The van der Waals surface area contributed by atoms with Crippen molar-refractivity contribution >= 4 is 5.96 Å². The lowest BCUT2D eigenvalue weighted by Crippen LogP contribution is -2.39. The molecule has 124 valence electrons. The molecule has 2 aromatic rings. The molecule has 23 heavy (non-hydrogen) atoms. The van der Waals surface area contributed by atoms with E-state index in [-0.39, 0.29) is 0 Å². The molecule has 6 heteroatoms. The van der Waals surface area contributed by atoms with Gasteiger partial charge in [0.25, 0.3) is 0 Å². The van der Waals surface area contributed by atoms with Crippen LogP contribution in [-0.2, 0) is 17.9 Å². The number of nitrogens with one attached hydrogen (secondary N) is 3. The molecule has 0 aliphatic rings. The molecule has 0 fully saturated rings. The van der Waals surface area contributed by atoms with Crippen LogP contribution in [0.25, 0.3) is 0 Å². The SMILES string of the molecule is CN=C(NCc1ccn[nH]1)NCC(C)COCc1ccccc1. The zero-order chi connectivity index (χ0) is 16.3. The smallest absolute Gasteiger partial charge is 0.191 e. The fourth-order valence-corrected chi connectivity index (χ4v) is 2.06. The van der Waals surface area contributed by atoms with Gasteiger partial charge in [-0.3, -0.25) is 10.1 Å². The van der Waals surface area contributed by atoms with Gasteiger partial charge >= 0.3 is 0 Å². The second kappa shape index (κ2) is 9.63. The van der Waals surface area contributed by atoms with Crippen LogP contribution < -0.4 is 10.6 Å². The molecule has 1 aromatic carbocycles. The van der Waals surface area contributed by atoms with Crippen LogP contribution in [0.15, 0.2) is 47.6 Å². The summed E-state index contributed by atoms with van der Waals surface area (Å²) in [6, 6.07) is 12.1. The third kappa shape index (κ3) is 6.52. The molecule has 1 atom stereocenters. The van der Waals surface area contributed by atoms with Gasteiger partial charge in [-0.2, -0.15) is 5.10 Å². The van der Waals surface area contributed by atoms with Crippen molar-refractivity contribution in [2.75, 3.05) is 20.2 Å². The normalized spacial score (nSPS) is 12.9. The van der Waals surface area contributed by atoms with E-state index in [0.29, 0.717) is 25.7 Å². The summed E-state index contributed by atoms with van der Waals surface area (Å²) in [5.74, 6) is 1.17. The molecule has 6 nitrogen and oxygen atoms in total. The quantitative estimate of drug-likeness (QED) is 0.514. The largest absolute Gasteiger partial charge is 0.376 e. The summed E-state index contributed by atoms with van der Waals surface area (Å²) in [4.78, 5) is 4.21. The standard InChI is InChI=1S/C17H25N5O/c1-14(12-23-13-15-6-4-3-5-7-15)10-19-17(18-2)20-11-16-8-9-21-22-16/h3-9,14H,10-13H2,1-2H3,(H,21,22)(H2,18,19,20). The van der Waals surface area contributed by atoms with E-state index in [2.05, 4.69) is 44.9 Å². The number of benzene rings is 1. The summed E-state index contributed by atoms with van der Waals surface area (Å²) in [5.41, 5.74) is 2.22. The summed E-state index contributed by atoms with van der Waals surface area (Å²) >= 11 is 0. The van der Waals surface area contributed by atoms with Gasteiger partial charge in [0.05, 0.1) is 25.5 Å². The maximum absolute atomic E-state index is 5.75. The third-order valence-electron chi connectivity index (χ3n) is 3.36. The lowest BCUT2D eigenvalue weighted by Gasteiger charge is -2.16. The Bertz CT molecular complexity index is 568. The van der Waals surface area contributed by atoms with Gasteiger partial charge in [-0.05, 0) is 17.5 Å². The van der Waals surface area contributed by atoms with Crippen LogP contribution >= 0.6 is 0 Å². The fraction of sp³-hybridized carbons (Fsp3) is 0.412. The van der Waals surface area contributed by atoms with Crippen LogP contribution in [0.1, 0.15) is 18.2 Å². The van der Waals surface area contributed by atoms with Crippen LogP contribution in [-0.4, -0.2) is 36.4 Å². The Kier molecular flexibility index (Phi) is 7.13. The Labute approximate surface area is 137 Å². The van der Waals surface area contributed by atoms with Gasteiger partial charge < -0.3 is 15.4 Å². The highest BCUT2D eigenvalue weighted by Crippen LogP contribution is 2.02. The first-order valence-electron chi connectivity index (χ1n) is 7.82. The van der Waals surface area contributed by atoms with E-state index >= 15 is 0 Å². The summed E-state index contributed by atoms with van der Waals surface area (Å²) in [7, 11) is 1.76. The Hall–Kier alpha value is -2.34. The van der Waals surface area contributed by atoms with Crippen LogP contribution in [0.2, 0.25) is 0 Å². The van der Waals surface area contributed by atoms with Crippen molar-refractivity contribution in [3.05, 3.63) is 53.9 Å². The first-order valence-corrected chi connectivity index (χ1v) is 7.82. The predicted molar refractivity (Wildman–Crippen MR) is 92.1 cm³/mol. The molecule has 1 aromatic heterocycles. The summed E-state index contributed by atoms with van der Waals surface area (Å²) in [6.07, 6.45) is 1.74. The zero-order valence-corrected chi connectivity index (χ0v) is 13.7. The Morgan fingerprint density at radius 2 is 2.09 bits per heavy atom. The molecule has 0 saturated heterocycles. The number of guanidine groups is 1. The summed E-state index contributed by atoms with van der Waals surface area (Å²) < 4.78 is 5.75. The molecule has 3 N–H and O–H groups in total. The molecule has 0 spiro atoms. The van der Waals surface area contributed by atoms with Crippen molar-refractivity contribution in [1.29, 1.82) is 0 Å². The van der Waals surface area contributed by atoms with Gasteiger partial charge in [0, 0.05) is 19.8 Å². The average Bonchev–Trinajstić information content (AvgIpc) is 3.09. The van der Waals surface area contributed by atoms with Gasteiger partial charge in [0.2, 0.25) is 0 Å². The van der Waals surface area contributed by atoms with Crippen molar-refractivity contribution < 1.29 is 4.74 Å². The van der Waals surface area contributed by atoms with Crippen LogP contribution in [0.5, 0.6) is 0 Å². The lowest BCUT2D eigenvalue weighted by atomic mass is 10.2. The van der Waals surface area contributed by atoms with E-state index in [9.17, 15) is 0 Å². The number of aromatic amines is 1. The molecule has 0 aliphatic carbocycles. The molecule has 0 saturated carbocycles. The first-order chi connectivity index (χ1) is 11.3. The van der Waals surface area contributed by atoms with Crippen LogP contribution in [0.4, 0.5) is 0 Å². The number of ether oxygens (including phenoxy) is 1. The van der Waals surface area contributed by atoms with Crippen LogP contribution in [0.3, 0.4) is 0 Å². The topological polar surface area (TPSA) is 74.3 Å². The summed E-state index contributed by atoms with van der Waals surface area (Å²) in [5, 5.41) is 13.4. The highest BCUT2D eigenvalue weighted by Gasteiger charge is 2.05. The first kappa shape index (κ1) is 17.0. The van der Waals surface area contributed by atoms with Gasteiger partial charge in [-0.25, -0.2) is 0 Å². The van der Waals surface area contributed by atoms with Gasteiger partial charge in [-0.1, -0.05) is 37.3 Å². The van der Waals surface area contributed by atoms with Crippen molar-refractivity contribution in [1.82, 2.24) is 20.8 Å². The van der Waals surface area contributed by atoms with Gasteiger partial charge in [0.1, 0.15) is 0 Å². The fourth-order valence-electron chi connectivity index (χ4n) is 2.06. The van der Waals surface area contributed by atoms with Gasteiger partial charge in [0.15, 0.2) is 5.96 Å². The second-order valence-corrected chi connectivity index (χ2v) is 5.49. The van der Waals surface area contributed by atoms with E-state index in [1.54, 1.807) is 13.2 Å². The number of rotatable bonds is 8. The Morgan fingerprint density at radius 3 is 2.78 bits per heavy atom. The summed E-state index contributed by atoms with van der Waals surface area (Å²) in [6.45, 7) is 4.98. The number of aliphatic imine (C=N–C) groups is 1. The maximum Gasteiger partial charge on any atom is 0.191 e. The minimum Gasteiger partial charge on any atom is -0.376 e. The maximum atomic E-state index is 5.75. The zero-order valence-electron chi connectivity index (χ0n) is 13.7. The number of nitrogens with zero attached hydrogens (tertiary/aromatic N) is 2. The predicted octanol–water partition coefficient (Wildman–Crippen LogP) is 1.93. The minimum absolute atomic E-state index is 0.393. The molecule has 2 rings (SSSR count). The highest BCUT2D eigenvalue weighted by atomic mass is 16.5.